The normalized spacial score (nSPS) is 17.4. The minimum atomic E-state index is -4.76. The summed E-state index contributed by atoms with van der Waals surface area (Å²) < 4.78 is 68.3. The standard InChI is InChI=1S/C46H52F4N4O6/c1-51-44(58)17-11-36(29-56)52(2)27-33-24-35(10-6-32(33)28-55)54-21-19-53(20-22-54)18-4-3-5-23-59-38-13-7-31(8-14-38)45-40-16-12-37(57)26-43(40)60-30-41(45)39-15-9-34(47)25-42(39)46(48,49)50/h6-10,12-16,24-26,28-29,36,41,45,57H,3-5,11,17-23,27,30H2,1-2H3,(H,51,58)/t36?,41-,45-/m1/s1. The fourth-order valence-electron chi connectivity index (χ4n) is 8.20. The number of fused-ring (bicyclic) bond motifs is 1. The summed E-state index contributed by atoms with van der Waals surface area (Å²) in [4.78, 5) is 42.0. The first kappa shape index (κ1) is 44.1. The summed E-state index contributed by atoms with van der Waals surface area (Å²) in [6, 6.07) is 20.0. The number of anilines is 1. The second-order valence-electron chi connectivity index (χ2n) is 15.5. The monoisotopic (exact) mass is 832 g/mol. The van der Waals surface area contributed by atoms with Crippen molar-refractivity contribution in [3.05, 3.63) is 118 Å². The molecular formula is C46H52F4N4O6. The molecule has 2 aliphatic rings. The summed E-state index contributed by atoms with van der Waals surface area (Å²) in [5.74, 6) is -1.41. The molecule has 2 aliphatic heterocycles. The van der Waals surface area contributed by atoms with Gasteiger partial charge in [0.25, 0.3) is 0 Å². The van der Waals surface area contributed by atoms with E-state index < -0.39 is 35.4 Å². The van der Waals surface area contributed by atoms with Crippen LogP contribution in [0.3, 0.4) is 0 Å². The van der Waals surface area contributed by atoms with Crippen LogP contribution in [-0.4, -0.2) is 99.5 Å². The van der Waals surface area contributed by atoms with Crippen LogP contribution in [0.1, 0.15) is 82.1 Å². The van der Waals surface area contributed by atoms with Crippen LogP contribution < -0.4 is 19.7 Å². The average molecular weight is 833 g/mol. The van der Waals surface area contributed by atoms with E-state index in [-0.39, 0.29) is 30.2 Å². The molecule has 1 amide bonds. The molecule has 320 valence electrons. The highest BCUT2D eigenvalue weighted by Gasteiger charge is 2.41. The van der Waals surface area contributed by atoms with Gasteiger partial charge in [0.05, 0.1) is 24.8 Å². The van der Waals surface area contributed by atoms with Gasteiger partial charge in [0, 0.05) is 80.9 Å². The molecule has 1 unspecified atom stereocenters. The summed E-state index contributed by atoms with van der Waals surface area (Å²) in [7, 11) is 3.39. The van der Waals surface area contributed by atoms with Crippen molar-refractivity contribution >= 4 is 24.2 Å². The molecule has 2 N–H and O–H groups in total. The zero-order valence-electron chi connectivity index (χ0n) is 33.9. The van der Waals surface area contributed by atoms with Gasteiger partial charge in [-0.05, 0) is 104 Å². The number of benzene rings is 4. The number of amides is 1. The zero-order valence-corrected chi connectivity index (χ0v) is 33.9. The molecule has 3 atom stereocenters. The predicted molar refractivity (Wildman–Crippen MR) is 220 cm³/mol. The fourth-order valence-corrected chi connectivity index (χ4v) is 8.20. The number of hydrogen-bond acceptors (Lipinski definition) is 9. The number of unbranched alkanes of at least 4 members (excludes halogenated alkanes) is 2. The highest BCUT2D eigenvalue weighted by molar-refractivity contribution is 5.79. The van der Waals surface area contributed by atoms with Gasteiger partial charge in [-0.1, -0.05) is 24.3 Å². The lowest BCUT2D eigenvalue weighted by Crippen LogP contribution is -2.46. The Balaban J connectivity index is 0.973. The van der Waals surface area contributed by atoms with Crippen molar-refractivity contribution in [2.24, 2.45) is 0 Å². The number of halogens is 4. The number of carbonyl (C=O) groups is 3. The first-order valence-electron chi connectivity index (χ1n) is 20.3. The number of ether oxygens (including phenoxy) is 2. The predicted octanol–water partition coefficient (Wildman–Crippen LogP) is 7.57. The van der Waals surface area contributed by atoms with E-state index >= 15 is 0 Å². The molecule has 4 aromatic carbocycles. The van der Waals surface area contributed by atoms with Crippen molar-refractivity contribution in [2.45, 2.75) is 62.7 Å². The molecule has 6 rings (SSSR count). The van der Waals surface area contributed by atoms with Crippen LogP contribution >= 0.6 is 0 Å². The molecular weight excluding hydrogens is 781 g/mol. The van der Waals surface area contributed by atoms with E-state index in [1.807, 2.05) is 54.4 Å². The van der Waals surface area contributed by atoms with Gasteiger partial charge < -0.3 is 29.6 Å². The minimum absolute atomic E-state index is 0.0202. The number of aldehydes is 2. The summed E-state index contributed by atoms with van der Waals surface area (Å²) in [5, 5.41) is 12.6. The Morgan fingerprint density at radius 2 is 1.72 bits per heavy atom. The molecule has 0 bridgehead atoms. The van der Waals surface area contributed by atoms with Crippen molar-refractivity contribution < 1.29 is 46.5 Å². The highest BCUT2D eigenvalue weighted by Crippen LogP contribution is 2.49. The molecule has 4 aromatic rings. The molecule has 1 saturated heterocycles. The van der Waals surface area contributed by atoms with Crippen LogP contribution in [0.25, 0.3) is 0 Å². The number of carbonyl (C=O) groups excluding carboxylic acids is 3. The second-order valence-corrected chi connectivity index (χ2v) is 15.5. The van der Waals surface area contributed by atoms with Crippen LogP contribution in [0.5, 0.6) is 17.2 Å². The number of rotatable bonds is 18. The Kier molecular flexibility index (Phi) is 14.8. The molecule has 1 fully saturated rings. The molecule has 0 aliphatic carbocycles. The SMILES string of the molecule is CNC(=O)CCC(C=O)N(C)Cc1cc(N2CCN(CCCCCOc3ccc([C@@H]4c5ccc(O)cc5OC[C@@H]4c4ccc(F)cc4C(F)(F)F)cc3)CC2)ccc1C=O. The maximum Gasteiger partial charge on any atom is 0.416 e. The maximum atomic E-state index is 14.1. The Bertz CT molecular complexity index is 2090. The third kappa shape index (κ3) is 11.0. The van der Waals surface area contributed by atoms with E-state index in [0.29, 0.717) is 48.3 Å². The summed E-state index contributed by atoms with van der Waals surface area (Å²) >= 11 is 0. The van der Waals surface area contributed by atoms with Crippen LogP contribution in [0.4, 0.5) is 23.2 Å². The molecule has 2 heterocycles. The van der Waals surface area contributed by atoms with Crippen molar-refractivity contribution in [1.29, 1.82) is 0 Å². The lowest BCUT2D eigenvalue weighted by atomic mass is 9.74. The third-order valence-corrected chi connectivity index (χ3v) is 11.6. The molecule has 60 heavy (non-hydrogen) atoms. The van der Waals surface area contributed by atoms with E-state index in [9.17, 15) is 37.1 Å². The molecule has 0 aromatic heterocycles. The van der Waals surface area contributed by atoms with Gasteiger partial charge in [0.2, 0.25) is 5.91 Å². The Labute approximate surface area is 348 Å². The molecule has 0 spiro atoms. The zero-order chi connectivity index (χ0) is 42.8. The van der Waals surface area contributed by atoms with Gasteiger partial charge in [-0.15, -0.1) is 0 Å². The number of nitrogens with zero attached hydrogens (tertiary/aromatic N) is 3. The molecule has 10 nitrogen and oxygen atoms in total. The van der Waals surface area contributed by atoms with Crippen molar-refractivity contribution in [1.82, 2.24) is 15.1 Å². The molecule has 0 radical (unpaired) electrons. The number of phenols is 1. The van der Waals surface area contributed by atoms with Crippen LogP contribution in [0, 0.1) is 5.82 Å². The van der Waals surface area contributed by atoms with Crippen LogP contribution in [0.2, 0.25) is 0 Å². The molecule has 0 saturated carbocycles. The number of likely N-dealkylation sites (N-methyl/N-ethyl adjacent to an activating group) is 1. The van der Waals surface area contributed by atoms with Crippen LogP contribution in [-0.2, 0) is 22.3 Å². The van der Waals surface area contributed by atoms with E-state index in [4.69, 9.17) is 9.47 Å². The van der Waals surface area contributed by atoms with Gasteiger partial charge in [-0.2, -0.15) is 13.2 Å². The van der Waals surface area contributed by atoms with Crippen molar-refractivity contribution in [2.75, 3.05) is 64.9 Å². The van der Waals surface area contributed by atoms with Gasteiger partial charge in [-0.3, -0.25) is 19.4 Å². The Hall–Kier alpha value is -5.47. The van der Waals surface area contributed by atoms with E-state index in [2.05, 4.69) is 15.1 Å². The lowest BCUT2D eigenvalue weighted by molar-refractivity contribution is -0.138. The first-order chi connectivity index (χ1) is 28.9. The number of nitrogens with one attached hydrogen (secondary N) is 1. The highest BCUT2D eigenvalue weighted by atomic mass is 19.4. The third-order valence-electron chi connectivity index (χ3n) is 11.6. The maximum absolute atomic E-state index is 14.1. The number of aromatic hydroxyl groups is 1. The van der Waals surface area contributed by atoms with Crippen LogP contribution in [0.15, 0.2) is 78.9 Å². The van der Waals surface area contributed by atoms with Crippen molar-refractivity contribution in [3.8, 4) is 17.2 Å². The number of piperazine rings is 1. The largest absolute Gasteiger partial charge is 0.508 e. The second kappa shape index (κ2) is 20.2. The summed E-state index contributed by atoms with van der Waals surface area (Å²) in [5.41, 5.74) is 2.71. The number of hydrogen-bond donors (Lipinski definition) is 2. The smallest absolute Gasteiger partial charge is 0.416 e. The molecule has 14 heteroatoms. The van der Waals surface area contributed by atoms with Crippen molar-refractivity contribution in [3.63, 3.8) is 0 Å². The first-order valence-corrected chi connectivity index (χ1v) is 20.3. The van der Waals surface area contributed by atoms with Gasteiger partial charge >= 0.3 is 6.18 Å². The summed E-state index contributed by atoms with van der Waals surface area (Å²) in [6.45, 7) is 5.27. The Morgan fingerprint density at radius 1 is 0.967 bits per heavy atom. The summed E-state index contributed by atoms with van der Waals surface area (Å²) in [6.07, 6.45) is 0.385. The average Bonchev–Trinajstić information content (AvgIpc) is 3.24. The van der Waals surface area contributed by atoms with E-state index in [1.165, 1.54) is 18.2 Å². The van der Waals surface area contributed by atoms with E-state index in [0.717, 1.165) is 87.4 Å². The fraction of sp³-hybridized carbons (Fsp3) is 0.413. The quantitative estimate of drug-likeness (QED) is 0.0596. The van der Waals surface area contributed by atoms with Gasteiger partial charge in [0.15, 0.2) is 0 Å². The van der Waals surface area contributed by atoms with Gasteiger partial charge in [-0.25, -0.2) is 4.39 Å². The van der Waals surface area contributed by atoms with Gasteiger partial charge in [0.1, 0.15) is 35.6 Å². The lowest BCUT2D eigenvalue weighted by Gasteiger charge is -2.36. The minimum Gasteiger partial charge on any atom is -0.508 e. The van der Waals surface area contributed by atoms with E-state index in [1.54, 1.807) is 13.1 Å². The topological polar surface area (TPSA) is 112 Å². The number of alkyl halides is 3. The number of phenolic OH excluding ortho intramolecular Hbond substituents is 1. The Morgan fingerprint density at radius 3 is 2.42 bits per heavy atom.